The first kappa shape index (κ1) is 12.5. The Bertz CT molecular complexity index is 229. The monoisotopic (exact) mass is 214 g/mol. The molecule has 0 unspecified atom stereocenters. The lowest BCUT2D eigenvalue weighted by atomic mass is 9.66. The molecule has 0 radical (unpaired) electrons. The molecule has 1 fully saturated rings. The van der Waals surface area contributed by atoms with Crippen molar-refractivity contribution in [2.75, 3.05) is 0 Å². The Kier molecular flexibility index (Phi) is 4.13. The normalized spacial score (nSPS) is 29.7. The van der Waals surface area contributed by atoms with Crippen LogP contribution in [0, 0.1) is 5.92 Å². The van der Waals surface area contributed by atoms with Gasteiger partial charge in [-0.25, -0.2) is 0 Å². The molecule has 0 aromatic heterocycles. The molecule has 1 rings (SSSR count). The summed E-state index contributed by atoms with van der Waals surface area (Å²) in [5.74, 6) is 0.0582. The van der Waals surface area contributed by atoms with Gasteiger partial charge in [-0.3, -0.25) is 4.79 Å². The lowest BCUT2D eigenvalue weighted by Crippen LogP contribution is -2.60. The third-order valence-corrected chi connectivity index (χ3v) is 3.12. The fourth-order valence-electron chi connectivity index (χ4n) is 2.14. The molecule has 0 aliphatic heterocycles. The van der Waals surface area contributed by atoms with Gasteiger partial charge in [-0.2, -0.15) is 0 Å². The average molecular weight is 214 g/mol. The second-order valence-corrected chi connectivity index (χ2v) is 4.56. The molecule has 1 aliphatic carbocycles. The summed E-state index contributed by atoms with van der Waals surface area (Å²) < 4.78 is 0. The van der Waals surface area contributed by atoms with Crippen LogP contribution in [0.1, 0.15) is 32.1 Å². The maximum absolute atomic E-state index is 10.9. The molecule has 0 aromatic rings. The molecule has 6 heteroatoms. The van der Waals surface area contributed by atoms with Gasteiger partial charge < -0.3 is 21.5 Å². The van der Waals surface area contributed by atoms with Crippen LogP contribution in [0.2, 0.25) is 6.32 Å². The third-order valence-electron chi connectivity index (χ3n) is 3.12. The van der Waals surface area contributed by atoms with Gasteiger partial charge in [0, 0.05) is 0 Å². The number of hydrogen-bond acceptors (Lipinski definition) is 4. The topological polar surface area (TPSA) is 110 Å². The van der Waals surface area contributed by atoms with E-state index in [-0.39, 0.29) is 0 Å². The Balaban J connectivity index is 2.05. The number of carbonyl (C=O) groups excluding carboxylic acids is 1. The van der Waals surface area contributed by atoms with Crippen LogP contribution < -0.4 is 11.5 Å². The Morgan fingerprint density at radius 2 is 2.00 bits per heavy atom. The van der Waals surface area contributed by atoms with Crippen LogP contribution in [-0.2, 0) is 4.79 Å². The standard InChI is InChI=1S/C9H19BN2O3/c11-8(13)9(12)5-7(6-9)3-1-2-4-10(14)15/h7,14-15H,1-6,12H2,(H2,11,13). The first-order valence-electron chi connectivity index (χ1n) is 5.39. The lowest BCUT2D eigenvalue weighted by molar-refractivity contribution is -0.128. The van der Waals surface area contributed by atoms with Crippen LogP contribution in [0.25, 0.3) is 0 Å². The maximum Gasteiger partial charge on any atom is 0.451 e. The van der Waals surface area contributed by atoms with Gasteiger partial charge in [-0.15, -0.1) is 0 Å². The van der Waals surface area contributed by atoms with Gasteiger partial charge in [0.1, 0.15) is 0 Å². The molecular weight excluding hydrogens is 195 g/mol. The average Bonchev–Trinajstić information content (AvgIpc) is 2.07. The molecule has 0 aromatic carbocycles. The molecule has 5 nitrogen and oxygen atoms in total. The van der Waals surface area contributed by atoms with Crippen molar-refractivity contribution in [2.24, 2.45) is 17.4 Å². The maximum atomic E-state index is 10.9. The first-order valence-corrected chi connectivity index (χ1v) is 5.39. The van der Waals surface area contributed by atoms with Crippen molar-refractivity contribution in [3.8, 4) is 0 Å². The van der Waals surface area contributed by atoms with Gasteiger partial charge in [-0.1, -0.05) is 19.3 Å². The minimum atomic E-state index is -1.20. The molecule has 1 aliphatic rings. The molecule has 0 spiro atoms. The quantitative estimate of drug-likeness (QED) is 0.343. The number of nitrogens with two attached hydrogens (primary N) is 2. The lowest BCUT2D eigenvalue weighted by Gasteiger charge is -2.42. The summed E-state index contributed by atoms with van der Waals surface area (Å²) in [6, 6.07) is 0. The van der Waals surface area contributed by atoms with Crippen molar-refractivity contribution in [1.82, 2.24) is 0 Å². The van der Waals surface area contributed by atoms with Crippen LogP contribution in [0.15, 0.2) is 0 Å². The minimum absolute atomic E-state index is 0.412. The summed E-state index contributed by atoms with van der Waals surface area (Å²) in [5.41, 5.74) is 10.1. The van der Waals surface area contributed by atoms with E-state index in [0.717, 1.165) is 19.3 Å². The van der Waals surface area contributed by atoms with Crippen LogP contribution in [0.4, 0.5) is 0 Å². The molecule has 0 saturated heterocycles. The van der Waals surface area contributed by atoms with Crippen molar-refractivity contribution >= 4 is 13.0 Å². The van der Waals surface area contributed by atoms with Gasteiger partial charge >= 0.3 is 7.12 Å². The van der Waals surface area contributed by atoms with Gasteiger partial charge in [0.2, 0.25) is 5.91 Å². The van der Waals surface area contributed by atoms with Crippen molar-refractivity contribution in [3.05, 3.63) is 0 Å². The van der Waals surface area contributed by atoms with Crippen molar-refractivity contribution < 1.29 is 14.8 Å². The zero-order valence-corrected chi connectivity index (χ0v) is 8.85. The zero-order valence-electron chi connectivity index (χ0n) is 8.85. The summed E-state index contributed by atoms with van der Waals surface area (Å²) in [7, 11) is -1.20. The van der Waals surface area contributed by atoms with Gasteiger partial charge in [0.25, 0.3) is 0 Å². The van der Waals surface area contributed by atoms with Gasteiger partial charge in [0.05, 0.1) is 5.54 Å². The van der Waals surface area contributed by atoms with E-state index in [1.165, 1.54) is 0 Å². The predicted octanol–water partition coefficient (Wildman–Crippen LogP) is -0.778. The minimum Gasteiger partial charge on any atom is -0.427 e. The highest BCUT2D eigenvalue weighted by Crippen LogP contribution is 2.38. The third kappa shape index (κ3) is 3.48. The highest BCUT2D eigenvalue weighted by atomic mass is 16.4. The predicted molar refractivity (Wildman–Crippen MR) is 57.7 cm³/mol. The molecule has 1 saturated carbocycles. The van der Waals surface area contributed by atoms with Gasteiger partial charge in [-0.05, 0) is 25.1 Å². The van der Waals surface area contributed by atoms with Gasteiger partial charge in [0.15, 0.2) is 0 Å². The molecule has 1 amide bonds. The summed E-state index contributed by atoms with van der Waals surface area (Å²) >= 11 is 0. The molecule has 86 valence electrons. The van der Waals surface area contributed by atoms with Crippen molar-refractivity contribution in [1.29, 1.82) is 0 Å². The number of unbranched alkanes of at least 4 members (excludes halogenated alkanes) is 1. The van der Waals surface area contributed by atoms with E-state index in [2.05, 4.69) is 0 Å². The Morgan fingerprint density at radius 1 is 1.40 bits per heavy atom. The van der Waals surface area contributed by atoms with E-state index in [0.29, 0.717) is 25.1 Å². The first-order chi connectivity index (χ1) is 6.94. The van der Waals surface area contributed by atoms with Crippen molar-refractivity contribution in [2.45, 2.75) is 44.0 Å². The largest absolute Gasteiger partial charge is 0.451 e. The Labute approximate surface area is 90.0 Å². The van der Waals surface area contributed by atoms with Crippen LogP contribution in [0.3, 0.4) is 0 Å². The number of amides is 1. The second-order valence-electron chi connectivity index (χ2n) is 4.56. The fourth-order valence-corrected chi connectivity index (χ4v) is 2.14. The zero-order chi connectivity index (χ0) is 11.5. The van der Waals surface area contributed by atoms with Crippen molar-refractivity contribution in [3.63, 3.8) is 0 Å². The van der Waals surface area contributed by atoms with Crippen LogP contribution >= 0.6 is 0 Å². The SMILES string of the molecule is NC(=O)C1(N)CC(CCCCB(O)O)C1. The summed E-state index contributed by atoms with van der Waals surface area (Å²) in [4.78, 5) is 10.9. The number of carbonyl (C=O) groups is 1. The van der Waals surface area contributed by atoms with E-state index >= 15 is 0 Å². The summed E-state index contributed by atoms with van der Waals surface area (Å²) in [6.07, 6.45) is 4.47. The highest BCUT2D eigenvalue weighted by Gasteiger charge is 2.45. The highest BCUT2D eigenvalue weighted by molar-refractivity contribution is 6.40. The van der Waals surface area contributed by atoms with E-state index in [4.69, 9.17) is 21.5 Å². The van der Waals surface area contributed by atoms with E-state index in [1.807, 2.05) is 0 Å². The van der Waals surface area contributed by atoms with E-state index < -0.39 is 18.6 Å². The Morgan fingerprint density at radius 3 is 2.47 bits per heavy atom. The van der Waals surface area contributed by atoms with Crippen LogP contribution in [0.5, 0.6) is 0 Å². The summed E-state index contributed by atoms with van der Waals surface area (Å²) in [5, 5.41) is 17.2. The molecular formula is C9H19BN2O3. The Hall–Kier alpha value is -0.585. The number of hydrogen-bond donors (Lipinski definition) is 4. The van der Waals surface area contributed by atoms with E-state index in [1.54, 1.807) is 0 Å². The fraction of sp³-hybridized carbons (Fsp3) is 0.889. The number of primary amides is 1. The van der Waals surface area contributed by atoms with Crippen LogP contribution in [-0.4, -0.2) is 28.6 Å². The second kappa shape index (κ2) is 4.96. The molecule has 0 bridgehead atoms. The van der Waals surface area contributed by atoms with E-state index in [9.17, 15) is 4.79 Å². The molecule has 0 atom stereocenters. The molecule has 15 heavy (non-hydrogen) atoms. The smallest absolute Gasteiger partial charge is 0.427 e. The molecule has 6 N–H and O–H groups in total. The summed E-state index contributed by atoms with van der Waals surface area (Å²) in [6.45, 7) is 0. The number of rotatable bonds is 6. The molecule has 0 heterocycles.